The van der Waals surface area contributed by atoms with Crippen molar-refractivity contribution < 1.29 is 0 Å². The van der Waals surface area contributed by atoms with Crippen LogP contribution in [0.3, 0.4) is 0 Å². The maximum Gasteiger partial charge on any atom is 0.0740 e. The van der Waals surface area contributed by atoms with Crippen LogP contribution in [-0.4, -0.2) is 0 Å². The number of allylic oxidation sites excluding steroid dienone is 14. The zero-order chi connectivity index (χ0) is 35.1. The van der Waals surface area contributed by atoms with Crippen molar-refractivity contribution in [3.8, 4) is 21.6 Å². The van der Waals surface area contributed by atoms with Crippen molar-refractivity contribution in [2.75, 3.05) is 0 Å². The van der Waals surface area contributed by atoms with E-state index in [0.717, 1.165) is 6.42 Å². The van der Waals surface area contributed by atoms with Crippen LogP contribution >= 0.6 is 11.3 Å². The number of hydrogen-bond acceptors (Lipinski definition) is 1. The van der Waals surface area contributed by atoms with Gasteiger partial charge < -0.3 is 0 Å². The molecule has 6 aliphatic rings. The molecular formula is C53H32S. The molecule has 0 aliphatic heterocycles. The second-order valence-corrected chi connectivity index (χ2v) is 16.5. The van der Waals surface area contributed by atoms with Gasteiger partial charge in [-0.1, -0.05) is 146 Å². The van der Waals surface area contributed by atoms with Crippen molar-refractivity contribution in [1.82, 2.24) is 0 Å². The van der Waals surface area contributed by atoms with E-state index >= 15 is 0 Å². The van der Waals surface area contributed by atoms with Crippen molar-refractivity contribution in [2.24, 2.45) is 5.92 Å². The molecule has 250 valence electrons. The molecule has 1 aromatic heterocycles. The Balaban J connectivity index is 1.05. The van der Waals surface area contributed by atoms with Crippen LogP contribution in [0, 0.1) is 5.92 Å². The lowest BCUT2D eigenvalue weighted by Crippen LogP contribution is -2.26. The minimum Gasteiger partial charge on any atom is -0.135 e. The second kappa shape index (κ2) is 10.4. The Kier molecular flexibility index (Phi) is 5.65. The van der Waals surface area contributed by atoms with Crippen molar-refractivity contribution in [1.29, 1.82) is 0 Å². The first-order chi connectivity index (χ1) is 26.8. The summed E-state index contributed by atoms with van der Waals surface area (Å²) in [5, 5.41) is 3.95. The SMILES string of the molecule is C1=CC2=CC(c3ccc4ccccc4c3)=C3CC=CC4=C3C2C(=C1)C(c1ccc2c(c1)C1(c3ccccc3-2)c2ccccc2-c2sc3ccccc3c21)=C4. The molecule has 6 aromatic carbocycles. The Morgan fingerprint density at radius 3 is 2.30 bits per heavy atom. The summed E-state index contributed by atoms with van der Waals surface area (Å²) in [7, 11) is 0. The van der Waals surface area contributed by atoms with Gasteiger partial charge in [-0.2, -0.15) is 0 Å². The van der Waals surface area contributed by atoms with Crippen molar-refractivity contribution in [3.05, 3.63) is 237 Å². The quantitative estimate of drug-likeness (QED) is 0.168. The smallest absolute Gasteiger partial charge is 0.0740 e. The van der Waals surface area contributed by atoms with Gasteiger partial charge in [-0.25, -0.2) is 0 Å². The van der Waals surface area contributed by atoms with Gasteiger partial charge in [-0.3, -0.25) is 0 Å². The Hall–Kier alpha value is -6.28. The van der Waals surface area contributed by atoms with Gasteiger partial charge >= 0.3 is 0 Å². The molecule has 0 saturated carbocycles. The lowest BCUT2D eigenvalue weighted by Gasteiger charge is -2.39. The van der Waals surface area contributed by atoms with Crippen LogP contribution in [0.2, 0.25) is 0 Å². The maximum atomic E-state index is 2.57. The third kappa shape index (κ3) is 3.58. The molecule has 1 heterocycles. The van der Waals surface area contributed by atoms with Gasteiger partial charge in [0.05, 0.1) is 5.41 Å². The molecule has 13 rings (SSSR count). The Morgan fingerprint density at radius 2 is 1.37 bits per heavy atom. The van der Waals surface area contributed by atoms with Gasteiger partial charge in [0.15, 0.2) is 0 Å². The van der Waals surface area contributed by atoms with Crippen LogP contribution < -0.4 is 0 Å². The highest BCUT2D eigenvalue weighted by atomic mass is 32.1. The van der Waals surface area contributed by atoms with Gasteiger partial charge in [0, 0.05) is 15.5 Å². The monoisotopic (exact) mass is 700 g/mol. The van der Waals surface area contributed by atoms with E-state index in [1.807, 2.05) is 11.3 Å². The second-order valence-electron chi connectivity index (χ2n) is 15.5. The first kappa shape index (κ1) is 29.2. The van der Waals surface area contributed by atoms with E-state index in [4.69, 9.17) is 0 Å². The van der Waals surface area contributed by atoms with E-state index in [-0.39, 0.29) is 11.3 Å². The van der Waals surface area contributed by atoms with Gasteiger partial charge in [0.1, 0.15) is 0 Å². The largest absolute Gasteiger partial charge is 0.135 e. The van der Waals surface area contributed by atoms with E-state index in [1.165, 1.54) is 115 Å². The highest BCUT2D eigenvalue weighted by Crippen LogP contribution is 2.66. The minimum absolute atomic E-state index is 0.230. The topological polar surface area (TPSA) is 0 Å². The third-order valence-corrected chi connectivity index (χ3v) is 14.2. The average molecular weight is 701 g/mol. The highest BCUT2D eigenvalue weighted by molar-refractivity contribution is 7.22. The van der Waals surface area contributed by atoms with E-state index in [1.54, 1.807) is 0 Å². The summed E-state index contributed by atoms with van der Waals surface area (Å²) < 4.78 is 1.36. The number of benzene rings is 6. The fraction of sp³-hybridized carbons (Fsp3) is 0.0566. The number of thiophene rings is 1. The van der Waals surface area contributed by atoms with Crippen molar-refractivity contribution >= 4 is 43.3 Å². The first-order valence-electron chi connectivity index (χ1n) is 19.1. The van der Waals surface area contributed by atoms with Crippen LogP contribution in [-0.2, 0) is 5.41 Å². The zero-order valence-corrected chi connectivity index (χ0v) is 30.3. The molecule has 0 N–H and O–H groups in total. The molecule has 2 atom stereocenters. The summed E-state index contributed by atoms with van der Waals surface area (Å²) in [5.74, 6) is 0.230. The molecule has 1 spiro atoms. The fourth-order valence-electron chi connectivity index (χ4n) is 10.8. The van der Waals surface area contributed by atoms with E-state index in [0.29, 0.717) is 0 Å². The lowest BCUT2D eigenvalue weighted by atomic mass is 9.64. The standard InChI is InChI=1S/C53H32S/c1-2-12-32-27-33(24-23-31(32)11-1)43-28-35-13-10-19-40-44(29-36-14-9-18-39(43)49(36)50(35)40)34-25-26-38-37-15-3-6-20-45(37)53(47(38)30-34)46-21-7-4-16-41(46)52-51(53)42-17-5-8-22-48(42)54-52/h1-17,19-30,50H,18H2. The van der Waals surface area contributed by atoms with E-state index in [2.05, 4.69) is 176 Å². The summed E-state index contributed by atoms with van der Waals surface area (Å²) in [4.78, 5) is 1.41. The fourth-order valence-corrected chi connectivity index (χ4v) is 12.1. The van der Waals surface area contributed by atoms with Crippen molar-refractivity contribution in [2.45, 2.75) is 11.8 Å². The minimum atomic E-state index is -0.376. The molecule has 0 nitrogen and oxygen atoms in total. The van der Waals surface area contributed by atoms with Crippen LogP contribution in [0.4, 0.5) is 0 Å². The predicted octanol–water partition coefficient (Wildman–Crippen LogP) is 13.6. The molecule has 0 bridgehead atoms. The van der Waals surface area contributed by atoms with Crippen molar-refractivity contribution in [3.63, 3.8) is 0 Å². The molecule has 0 amide bonds. The molecule has 2 unspecified atom stereocenters. The van der Waals surface area contributed by atoms with Crippen LogP contribution in [0.1, 0.15) is 39.8 Å². The first-order valence-corrected chi connectivity index (χ1v) is 19.9. The van der Waals surface area contributed by atoms with Crippen LogP contribution in [0.15, 0.2) is 204 Å². The number of hydrogen-bond donors (Lipinski definition) is 0. The number of fused-ring (bicyclic) bond motifs is 13. The Bertz CT molecular complexity index is 3120. The van der Waals surface area contributed by atoms with E-state index in [9.17, 15) is 0 Å². The average Bonchev–Trinajstić information content (AvgIpc) is 3.86. The summed E-state index contributed by atoms with van der Waals surface area (Å²) in [6.07, 6.45) is 17.7. The molecule has 0 saturated heterocycles. The summed E-state index contributed by atoms with van der Waals surface area (Å²) in [6.45, 7) is 0. The molecule has 1 heteroatoms. The lowest BCUT2D eigenvalue weighted by molar-refractivity contribution is 0.801. The molecule has 0 fully saturated rings. The Morgan fingerprint density at radius 1 is 0.611 bits per heavy atom. The van der Waals surface area contributed by atoms with Crippen LogP contribution in [0.25, 0.3) is 53.6 Å². The third-order valence-electron chi connectivity index (χ3n) is 13.0. The maximum absolute atomic E-state index is 2.57. The van der Waals surface area contributed by atoms with Gasteiger partial charge in [0.2, 0.25) is 0 Å². The van der Waals surface area contributed by atoms with Gasteiger partial charge in [-0.05, 0) is 142 Å². The zero-order valence-electron chi connectivity index (χ0n) is 29.4. The molecule has 54 heavy (non-hydrogen) atoms. The molecular weight excluding hydrogens is 669 g/mol. The van der Waals surface area contributed by atoms with Gasteiger partial charge in [-0.15, -0.1) is 11.3 Å². The predicted molar refractivity (Wildman–Crippen MR) is 227 cm³/mol. The normalized spacial score (nSPS) is 20.8. The summed E-state index contributed by atoms with van der Waals surface area (Å²) >= 11 is 1.95. The summed E-state index contributed by atoms with van der Waals surface area (Å²) in [6, 6.07) is 50.5. The molecule has 6 aliphatic carbocycles. The molecule has 0 radical (unpaired) electrons. The van der Waals surface area contributed by atoms with Crippen LogP contribution in [0.5, 0.6) is 0 Å². The molecule has 7 aromatic rings. The van der Waals surface area contributed by atoms with Gasteiger partial charge in [0.25, 0.3) is 0 Å². The Labute approximate surface area is 318 Å². The number of rotatable bonds is 2. The summed E-state index contributed by atoms with van der Waals surface area (Å²) in [5.41, 5.74) is 21.8. The van der Waals surface area contributed by atoms with E-state index < -0.39 is 0 Å². The highest BCUT2D eigenvalue weighted by Gasteiger charge is 2.53.